The lowest BCUT2D eigenvalue weighted by Gasteiger charge is -2.41. The molecule has 1 unspecified atom stereocenters. The Hall–Kier alpha value is -0.120. The molecule has 1 saturated heterocycles. The highest BCUT2D eigenvalue weighted by atomic mass is 16.3. The van der Waals surface area contributed by atoms with Gasteiger partial charge in [-0.2, -0.15) is 0 Å². The first-order chi connectivity index (χ1) is 7.26. The van der Waals surface area contributed by atoms with Crippen LogP contribution in [-0.2, 0) is 0 Å². The Morgan fingerprint density at radius 1 is 1.31 bits per heavy atom. The van der Waals surface area contributed by atoms with Crippen molar-refractivity contribution in [3.8, 4) is 0 Å². The van der Waals surface area contributed by atoms with Gasteiger partial charge in [0.05, 0.1) is 6.04 Å². The average molecular weight is 228 g/mol. The summed E-state index contributed by atoms with van der Waals surface area (Å²) in [5.74, 6) is 0. The summed E-state index contributed by atoms with van der Waals surface area (Å²) >= 11 is 0. The van der Waals surface area contributed by atoms with Crippen molar-refractivity contribution in [2.75, 3.05) is 13.1 Å². The molecule has 96 valence electrons. The monoisotopic (exact) mass is 228 g/mol. The molecule has 0 aromatic carbocycles. The highest BCUT2D eigenvalue weighted by Gasteiger charge is 2.40. The standard InChI is InChI=1S/C13H28N2O/c1-6-9-15-10-7-8-11(15)13(5,16)14-12(2,3)4/h11,14,16H,6-10H2,1-5H3/t11-,13?/m0/s1. The highest BCUT2D eigenvalue weighted by molar-refractivity contribution is 4.94. The smallest absolute Gasteiger partial charge is 0.129 e. The van der Waals surface area contributed by atoms with Crippen LogP contribution in [0.2, 0.25) is 0 Å². The van der Waals surface area contributed by atoms with Gasteiger partial charge in [-0.05, 0) is 60.0 Å². The van der Waals surface area contributed by atoms with E-state index in [1.54, 1.807) is 0 Å². The van der Waals surface area contributed by atoms with Crippen molar-refractivity contribution in [2.45, 2.75) is 71.2 Å². The maximum Gasteiger partial charge on any atom is 0.129 e. The zero-order chi connectivity index (χ0) is 12.4. The molecule has 0 amide bonds. The first kappa shape index (κ1) is 13.9. The van der Waals surface area contributed by atoms with Gasteiger partial charge in [0.2, 0.25) is 0 Å². The number of likely N-dealkylation sites (tertiary alicyclic amines) is 1. The summed E-state index contributed by atoms with van der Waals surface area (Å²) in [6, 6.07) is 0.256. The molecule has 0 aliphatic carbocycles. The maximum absolute atomic E-state index is 10.6. The Labute approximate surface area is 100 Å². The largest absolute Gasteiger partial charge is 0.374 e. The summed E-state index contributed by atoms with van der Waals surface area (Å²) in [6.45, 7) is 12.6. The number of rotatable bonds is 4. The summed E-state index contributed by atoms with van der Waals surface area (Å²) in [5, 5.41) is 13.9. The number of nitrogens with one attached hydrogen (secondary N) is 1. The summed E-state index contributed by atoms with van der Waals surface area (Å²) in [6.07, 6.45) is 3.45. The van der Waals surface area contributed by atoms with Gasteiger partial charge >= 0.3 is 0 Å². The van der Waals surface area contributed by atoms with Gasteiger partial charge in [0.25, 0.3) is 0 Å². The highest BCUT2D eigenvalue weighted by Crippen LogP contribution is 2.27. The fraction of sp³-hybridized carbons (Fsp3) is 1.00. The SMILES string of the molecule is CCCN1CCC[C@H]1C(C)(O)NC(C)(C)C. The molecule has 2 atom stereocenters. The third kappa shape index (κ3) is 3.72. The topological polar surface area (TPSA) is 35.5 Å². The fourth-order valence-corrected chi connectivity index (χ4v) is 2.86. The normalized spacial score (nSPS) is 27.0. The first-order valence-electron chi connectivity index (χ1n) is 6.52. The van der Waals surface area contributed by atoms with Crippen LogP contribution in [0.25, 0.3) is 0 Å². The molecule has 1 aliphatic heterocycles. The minimum atomic E-state index is -0.788. The summed E-state index contributed by atoms with van der Waals surface area (Å²) in [5.41, 5.74) is -0.839. The van der Waals surface area contributed by atoms with Crippen LogP contribution < -0.4 is 5.32 Å². The van der Waals surface area contributed by atoms with Crippen molar-refractivity contribution in [1.82, 2.24) is 10.2 Å². The molecular formula is C13H28N2O. The molecular weight excluding hydrogens is 200 g/mol. The Balaban J connectivity index is 2.66. The van der Waals surface area contributed by atoms with Gasteiger partial charge in [-0.3, -0.25) is 10.2 Å². The van der Waals surface area contributed by atoms with Crippen molar-refractivity contribution in [3.63, 3.8) is 0 Å². The van der Waals surface area contributed by atoms with E-state index in [1.807, 2.05) is 6.92 Å². The lowest BCUT2D eigenvalue weighted by molar-refractivity contribution is -0.0621. The average Bonchev–Trinajstić information content (AvgIpc) is 2.48. The summed E-state index contributed by atoms with van der Waals surface area (Å²) < 4.78 is 0. The second-order valence-corrected chi connectivity index (χ2v) is 6.22. The zero-order valence-electron chi connectivity index (χ0n) is 11.5. The van der Waals surface area contributed by atoms with Gasteiger partial charge in [0.15, 0.2) is 0 Å². The van der Waals surface area contributed by atoms with Gasteiger partial charge in [-0.25, -0.2) is 0 Å². The van der Waals surface area contributed by atoms with Crippen LogP contribution in [0.15, 0.2) is 0 Å². The molecule has 0 radical (unpaired) electrons. The predicted octanol–water partition coefficient (Wildman–Crippen LogP) is 1.96. The zero-order valence-corrected chi connectivity index (χ0v) is 11.5. The molecule has 3 heteroatoms. The fourth-order valence-electron chi connectivity index (χ4n) is 2.86. The Bertz CT molecular complexity index is 220. The molecule has 0 bridgehead atoms. The van der Waals surface area contributed by atoms with Crippen LogP contribution in [0.1, 0.15) is 53.9 Å². The second kappa shape index (κ2) is 5.03. The number of hydrogen-bond acceptors (Lipinski definition) is 3. The molecule has 16 heavy (non-hydrogen) atoms. The summed E-state index contributed by atoms with van der Waals surface area (Å²) in [4.78, 5) is 2.42. The van der Waals surface area contributed by atoms with Crippen LogP contribution in [0, 0.1) is 0 Å². The van der Waals surface area contributed by atoms with Crippen molar-refractivity contribution in [1.29, 1.82) is 0 Å². The van der Waals surface area contributed by atoms with E-state index in [1.165, 1.54) is 6.42 Å². The van der Waals surface area contributed by atoms with Crippen molar-refractivity contribution >= 4 is 0 Å². The third-order valence-electron chi connectivity index (χ3n) is 3.15. The lowest BCUT2D eigenvalue weighted by Crippen LogP contribution is -2.62. The second-order valence-electron chi connectivity index (χ2n) is 6.22. The van der Waals surface area contributed by atoms with E-state index in [4.69, 9.17) is 0 Å². The Morgan fingerprint density at radius 2 is 1.94 bits per heavy atom. The number of hydrogen-bond donors (Lipinski definition) is 2. The lowest BCUT2D eigenvalue weighted by atomic mass is 9.98. The molecule has 0 saturated carbocycles. The van der Waals surface area contributed by atoms with Crippen LogP contribution >= 0.6 is 0 Å². The molecule has 1 heterocycles. The molecule has 0 aromatic heterocycles. The van der Waals surface area contributed by atoms with Gasteiger partial charge in [0, 0.05) is 5.54 Å². The third-order valence-corrected chi connectivity index (χ3v) is 3.15. The van der Waals surface area contributed by atoms with E-state index >= 15 is 0 Å². The molecule has 1 aliphatic rings. The van der Waals surface area contributed by atoms with Crippen LogP contribution in [0.4, 0.5) is 0 Å². The van der Waals surface area contributed by atoms with E-state index in [0.29, 0.717) is 0 Å². The number of aliphatic hydroxyl groups is 1. The molecule has 1 fully saturated rings. The quantitative estimate of drug-likeness (QED) is 0.722. The Morgan fingerprint density at radius 3 is 2.44 bits per heavy atom. The van der Waals surface area contributed by atoms with E-state index in [2.05, 4.69) is 37.9 Å². The Kier molecular flexibility index (Phi) is 4.38. The maximum atomic E-state index is 10.6. The van der Waals surface area contributed by atoms with Crippen LogP contribution in [0.5, 0.6) is 0 Å². The molecule has 3 nitrogen and oxygen atoms in total. The predicted molar refractivity (Wildman–Crippen MR) is 68.4 cm³/mol. The van der Waals surface area contributed by atoms with Crippen LogP contribution in [-0.4, -0.2) is 40.4 Å². The molecule has 1 rings (SSSR count). The molecule has 2 N–H and O–H groups in total. The van der Waals surface area contributed by atoms with Gasteiger partial charge < -0.3 is 5.11 Å². The number of nitrogens with zero attached hydrogens (tertiary/aromatic N) is 1. The minimum Gasteiger partial charge on any atom is -0.374 e. The van der Waals surface area contributed by atoms with E-state index < -0.39 is 5.72 Å². The minimum absolute atomic E-state index is 0.0516. The van der Waals surface area contributed by atoms with Crippen molar-refractivity contribution in [2.24, 2.45) is 0 Å². The van der Waals surface area contributed by atoms with E-state index in [-0.39, 0.29) is 11.6 Å². The van der Waals surface area contributed by atoms with Gasteiger partial charge in [-0.15, -0.1) is 0 Å². The van der Waals surface area contributed by atoms with Gasteiger partial charge in [0.1, 0.15) is 5.72 Å². The first-order valence-corrected chi connectivity index (χ1v) is 6.52. The molecule has 0 aromatic rings. The van der Waals surface area contributed by atoms with Crippen molar-refractivity contribution in [3.05, 3.63) is 0 Å². The van der Waals surface area contributed by atoms with Gasteiger partial charge in [-0.1, -0.05) is 6.92 Å². The van der Waals surface area contributed by atoms with Crippen LogP contribution in [0.3, 0.4) is 0 Å². The van der Waals surface area contributed by atoms with Crippen molar-refractivity contribution < 1.29 is 5.11 Å². The van der Waals surface area contributed by atoms with E-state index in [0.717, 1.165) is 25.9 Å². The molecule has 0 spiro atoms. The van der Waals surface area contributed by atoms with E-state index in [9.17, 15) is 5.11 Å². The summed E-state index contributed by atoms with van der Waals surface area (Å²) in [7, 11) is 0.